The Labute approximate surface area is 239 Å². The predicted molar refractivity (Wildman–Crippen MR) is 146 cm³/mol. The number of methoxy groups -OCH3 is 1. The van der Waals surface area contributed by atoms with Gasteiger partial charge in [0.2, 0.25) is 11.8 Å². The summed E-state index contributed by atoms with van der Waals surface area (Å²) in [5.41, 5.74) is -0.158. The summed E-state index contributed by atoms with van der Waals surface area (Å²) < 4.78 is 66.7. The third kappa shape index (κ3) is 6.87. The molecule has 0 unspecified atom stereocenters. The number of halogens is 4. The van der Waals surface area contributed by atoms with Gasteiger partial charge >= 0.3 is 6.18 Å². The van der Waals surface area contributed by atoms with E-state index in [9.17, 15) is 27.2 Å². The number of rotatable bonds is 9. The molecule has 42 heavy (non-hydrogen) atoms. The van der Waals surface area contributed by atoms with E-state index in [-0.39, 0.29) is 40.8 Å². The van der Waals surface area contributed by atoms with Crippen molar-refractivity contribution in [1.29, 1.82) is 0 Å². The largest absolute Gasteiger partial charge is 0.495 e. The molecule has 1 aliphatic heterocycles. The van der Waals surface area contributed by atoms with Gasteiger partial charge in [0, 0.05) is 25.4 Å². The van der Waals surface area contributed by atoms with Crippen LogP contribution in [0.15, 0.2) is 42.6 Å². The van der Waals surface area contributed by atoms with Crippen molar-refractivity contribution in [2.45, 2.75) is 38.2 Å². The summed E-state index contributed by atoms with van der Waals surface area (Å²) in [6, 6.07) is 8.29. The summed E-state index contributed by atoms with van der Waals surface area (Å²) in [7, 11) is 2.75. The number of piperidine rings is 1. The lowest BCUT2D eigenvalue weighted by atomic mass is 10.0. The minimum Gasteiger partial charge on any atom is -0.495 e. The van der Waals surface area contributed by atoms with Crippen molar-refractivity contribution in [2.24, 2.45) is 0 Å². The molecule has 0 bridgehead atoms. The lowest BCUT2D eigenvalue weighted by Crippen LogP contribution is -2.50. The standard InChI is InChI=1S/C28H30F4N6O4/c1-4-15-6-5-7-21(23(15)25(40)33-2)42-26-17(28(30,31)32)13-35-27(38-26)37-20-9-8-16(12-22(20)41-3)24(39)36-19-10-11-34-14-18(19)29/h5-9,12-13,18-19,34H,4,10-11,14H2,1-3H3,(H,33,40)(H,36,39)(H,35,37,38)/t18-,19+/m1/s1. The van der Waals surface area contributed by atoms with E-state index in [0.29, 0.717) is 31.1 Å². The Bertz CT molecular complexity index is 1450. The molecule has 4 rings (SSSR count). The zero-order valence-electron chi connectivity index (χ0n) is 23.1. The van der Waals surface area contributed by atoms with Crippen LogP contribution in [0.4, 0.5) is 29.2 Å². The fourth-order valence-electron chi connectivity index (χ4n) is 4.43. The molecule has 2 heterocycles. The van der Waals surface area contributed by atoms with Gasteiger partial charge in [-0.05, 0) is 49.2 Å². The van der Waals surface area contributed by atoms with Gasteiger partial charge < -0.3 is 30.7 Å². The van der Waals surface area contributed by atoms with Crippen LogP contribution in [-0.2, 0) is 12.6 Å². The maximum Gasteiger partial charge on any atom is 0.423 e. The molecule has 10 nitrogen and oxygen atoms in total. The number of nitrogens with zero attached hydrogens (tertiary/aromatic N) is 2. The Morgan fingerprint density at radius 1 is 1.14 bits per heavy atom. The van der Waals surface area contributed by atoms with Crippen LogP contribution < -0.4 is 30.7 Å². The highest BCUT2D eigenvalue weighted by atomic mass is 19.4. The summed E-state index contributed by atoms with van der Waals surface area (Å²) in [5.74, 6) is -2.07. The first-order valence-electron chi connectivity index (χ1n) is 13.1. The summed E-state index contributed by atoms with van der Waals surface area (Å²) in [6.07, 6.45) is -4.65. The van der Waals surface area contributed by atoms with Crippen LogP contribution in [0.1, 0.15) is 45.2 Å². The number of hydrogen-bond acceptors (Lipinski definition) is 8. The van der Waals surface area contributed by atoms with Crippen molar-refractivity contribution >= 4 is 23.5 Å². The highest BCUT2D eigenvalue weighted by molar-refractivity contribution is 5.98. The first-order chi connectivity index (χ1) is 20.0. The number of carbonyl (C=O) groups is 2. The Balaban J connectivity index is 1.63. The minimum atomic E-state index is -4.86. The number of carbonyl (C=O) groups excluding carboxylic acids is 2. The van der Waals surface area contributed by atoms with Crippen molar-refractivity contribution in [2.75, 3.05) is 32.6 Å². The molecule has 1 aromatic heterocycles. The van der Waals surface area contributed by atoms with E-state index >= 15 is 0 Å². The van der Waals surface area contributed by atoms with E-state index in [1.165, 1.54) is 38.4 Å². The molecule has 224 valence electrons. The molecule has 2 atom stereocenters. The van der Waals surface area contributed by atoms with Gasteiger partial charge in [0.05, 0.1) is 24.4 Å². The molecule has 3 aromatic rings. The molecule has 0 radical (unpaired) electrons. The number of hydrogen-bond donors (Lipinski definition) is 4. The number of ether oxygens (including phenoxy) is 2. The zero-order valence-corrected chi connectivity index (χ0v) is 23.1. The summed E-state index contributed by atoms with van der Waals surface area (Å²) in [5, 5.41) is 10.8. The second-order valence-corrected chi connectivity index (χ2v) is 9.36. The molecule has 0 saturated carbocycles. The number of anilines is 2. The maximum atomic E-state index is 14.1. The van der Waals surface area contributed by atoms with Crippen LogP contribution in [0.5, 0.6) is 17.4 Å². The second kappa shape index (κ2) is 13.0. The average molecular weight is 591 g/mol. The van der Waals surface area contributed by atoms with Crippen molar-refractivity contribution in [3.63, 3.8) is 0 Å². The van der Waals surface area contributed by atoms with Crippen molar-refractivity contribution < 1.29 is 36.6 Å². The molecule has 1 aliphatic rings. The summed E-state index contributed by atoms with van der Waals surface area (Å²) >= 11 is 0. The molecule has 4 N–H and O–H groups in total. The number of aromatic nitrogens is 2. The molecule has 0 aliphatic carbocycles. The first-order valence-corrected chi connectivity index (χ1v) is 13.1. The fraction of sp³-hybridized carbons (Fsp3) is 0.357. The first kappa shape index (κ1) is 30.5. The lowest BCUT2D eigenvalue weighted by molar-refractivity contribution is -0.139. The molecular formula is C28H30F4N6O4. The third-order valence-electron chi connectivity index (χ3n) is 6.65. The normalized spacial score (nSPS) is 16.8. The number of alkyl halides is 4. The molecule has 1 saturated heterocycles. The average Bonchev–Trinajstić information content (AvgIpc) is 2.97. The highest BCUT2D eigenvalue weighted by Crippen LogP contribution is 2.39. The van der Waals surface area contributed by atoms with E-state index < -0.39 is 41.6 Å². The van der Waals surface area contributed by atoms with Gasteiger partial charge in [0.15, 0.2) is 0 Å². The van der Waals surface area contributed by atoms with Crippen LogP contribution in [0, 0.1) is 0 Å². The molecule has 0 spiro atoms. The minimum absolute atomic E-state index is 0.0860. The monoisotopic (exact) mass is 590 g/mol. The van der Waals surface area contributed by atoms with Crippen molar-refractivity contribution in [3.8, 4) is 17.4 Å². The number of nitrogens with one attached hydrogen (secondary N) is 4. The van der Waals surface area contributed by atoms with Gasteiger partial charge in [-0.1, -0.05) is 19.1 Å². The molecule has 14 heteroatoms. The maximum absolute atomic E-state index is 14.1. The van der Waals surface area contributed by atoms with Gasteiger partial charge in [-0.15, -0.1) is 0 Å². The SMILES string of the molecule is CCc1cccc(Oc2nc(Nc3ccc(C(=O)N[C@H]4CCNC[C@H]4F)cc3OC)ncc2C(F)(F)F)c1C(=O)NC. The van der Waals surface area contributed by atoms with Gasteiger partial charge in [0.25, 0.3) is 11.8 Å². The predicted octanol–water partition coefficient (Wildman–Crippen LogP) is 4.39. The molecule has 2 amide bonds. The quantitative estimate of drug-likeness (QED) is 0.271. The van der Waals surface area contributed by atoms with E-state index in [2.05, 4.69) is 31.2 Å². The van der Waals surface area contributed by atoms with E-state index in [1.807, 2.05) is 0 Å². The van der Waals surface area contributed by atoms with E-state index in [1.54, 1.807) is 19.1 Å². The number of amides is 2. The number of aryl methyl sites for hydroxylation is 1. The second-order valence-electron chi connectivity index (χ2n) is 9.36. The van der Waals surface area contributed by atoms with Crippen LogP contribution in [0.3, 0.4) is 0 Å². The summed E-state index contributed by atoms with van der Waals surface area (Å²) in [6.45, 7) is 2.52. The third-order valence-corrected chi connectivity index (χ3v) is 6.65. The fourth-order valence-corrected chi connectivity index (χ4v) is 4.43. The highest BCUT2D eigenvalue weighted by Gasteiger charge is 2.37. The van der Waals surface area contributed by atoms with Crippen LogP contribution in [0.25, 0.3) is 0 Å². The van der Waals surface area contributed by atoms with Crippen LogP contribution in [0.2, 0.25) is 0 Å². The van der Waals surface area contributed by atoms with Crippen molar-refractivity contribution in [1.82, 2.24) is 25.9 Å². The van der Waals surface area contributed by atoms with Crippen molar-refractivity contribution in [3.05, 3.63) is 64.8 Å². The van der Waals surface area contributed by atoms with Gasteiger partial charge in [-0.3, -0.25) is 9.59 Å². The van der Waals surface area contributed by atoms with Gasteiger partial charge in [-0.2, -0.15) is 18.2 Å². The topological polar surface area (TPSA) is 126 Å². The van der Waals surface area contributed by atoms with Crippen LogP contribution >= 0.6 is 0 Å². The smallest absolute Gasteiger partial charge is 0.423 e. The van der Waals surface area contributed by atoms with E-state index in [0.717, 1.165) is 0 Å². The Morgan fingerprint density at radius 2 is 1.93 bits per heavy atom. The lowest BCUT2D eigenvalue weighted by Gasteiger charge is -2.27. The van der Waals surface area contributed by atoms with Gasteiger partial charge in [-0.25, -0.2) is 9.37 Å². The Hall–Kier alpha value is -4.46. The van der Waals surface area contributed by atoms with E-state index in [4.69, 9.17) is 9.47 Å². The molecular weight excluding hydrogens is 560 g/mol. The Kier molecular flexibility index (Phi) is 9.45. The van der Waals surface area contributed by atoms with Gasteiger partial charge in [0.1, 0.15) is 23.2 Å². The molecule has 1 fully saturated rings. The number of benzene rings is 2. The molecule has 2 aromatic carbocycles. The van der Waals surface area contributed by atoms with Crippen LogP contribution in [-0.4, -0.2) is 61.2 Å². The zero-order chi connectivity index (χ0) is 30.4. The Morgan fingerprint density at radius 3 is 2.60 bits per heavy atom. The summed E-state index contributed by atoms with van der Waals surface area (Å²) in [4.78, 5) is 33.0.